The van der Waals surface area contributed by atoms with E-state index in [1.165, 1.54) is 12.8 Å². The van der Waals surface area contributed by atoms with Crippen LogP contribution in [0.2, 0.25) is 0 Å². The third-order valence-corrected chi connectivity index (χ3v) is 3.64. The van der Waals surface area contributed by atoms with Crippen molar-refractivity contribution in [1.29, 1.82) is 0 Å². The van der Waals surface area contributed by atoms with Gasteiger partial charge >= 0.3 is 0 Å². The molecule has 2 rings (SSSR count). The summed E-state index contributed by atoms with van der Waals surface area (Å²) in [5.41, 5.74) is 7.64. The SMILES string of the molecule is COc1cc(N2CCCCC2CCO)ccc1N. The molecule has 1 unspecified atom stereocenters. The van der Waals surface area contributed by atoms with Gasteiger partial charge in [0.05, 0.1) is 12.8 Å². The van der Waals surface area contributed by atoms with E-state index in [9.17, 15) is 0 Å². The molecule has 0 bridgehead atoms. The van der Waals surface area contributed by atoms with Crippen LogP contribution >= 0.6 is 0 Å². The predicted octanol–water partition coefficient (Wildman–Crippen LogP) is 2.02. The number of nitrogens with two attached hydrogens (primary N) is 1. The minimum atomic E-state index is 0.243. The highest BCUT2D eigenvalue weighted by Crippen LogP contribution is 2.32. The summed E-state index contributed by atoms with van der Waals surface area (Å²) in [6.45, 7) is 1.28. The molecule has 4 heteroatoms. The van der Waals surface area contributed by atoms with Gasteiger partial charge in [0.2, 0.25) is 0 Å². The lowest BCUT2D eigenvalue weighted by atomic mass is 9.98. The number of piperidine rings is 1. The van der Waals surface area contributed by atoms with Gasteiger partial charge in [0.15, 0.2) is 0 Å². The van der Waals surface area contributed by atoms with Gasteiger partial charge in [0, 0.05) is 30.9 Å². The quantitative estimate of drug-likeness (QED) is 0.803. The van der Waals surface area contributed by atoms with Crippen LogP contribution in [0.4, 0.5) is 11.4 Å². The summed E-state index contributed by atoms with van der Waals surface area (Å²) >= 11 is 0. The third-order valence-electron chi connectivity index (χ3n) is 3.64. The van der Waals surface area contributed by atoms with E-state index in [0.717, 1.165) is 30.8 Å². The Balaban J connectivity index is 2.22. The Morgan fingerprint density at radius 1 is 1.44 bits per heavy atom. The number of rotatable bonds is 4. The van der Waals surface area contributed by atoms with Crippen LogP contribution < -0.4 is 15.4 Å². The lowest BCUT2D eigenvalue weighted by Gasteiger charge is -2.37. The van der Waals surface area contributed by atoms with Crippen molar-refractivity contribution in [2.24, 2.45) is 0 Å². The van der Waals surface area contributed by atoms with Gasteiger partial charge in [-0.05, 0) is 37.8 Å². The second kappa shape index (κ2) is 5.96. The van der Waals surface area contributed by atoms with E-state index in [4.69, 9.17) is 15.6 Å². The fourth-order valence-corrected chi connectivity index (χ4v) is 2.67. The summed E-state index contributed by atoms with van der Waals surface area (Å²) in [7, 11) is 1.64. The van der Waals surface area contributed by atoms with Crippen LogP contribution in [0.5, 0.6) is 5.75 Å². The van der Waals surface area contributed by atoms with E-state index in [-0.39, 0.29) is 6.61 Å². The van der Waals surface area contributed by atoms with E-state index < -0.39 is 0 Å². The maximum absolute atomic E-state index is 9.16. The number of ether oxygens (including phenoxy) is 1. The Kier molecular flexibility index (Phi) is 4.31. The minimum absolute atomic E-state index is 0.243. The molecule has 1 heterocycles. The van der Waals surface area contributed by atoms with E-state index in [2.05, 4.69) is 4.90 Å². The first-order valence-corrected chi connectivity index (χ1v) is 6.57. The number of nitrogen functional groups attached to an aromatic ring is 1. The lowest BCUT2D eigenvalue weighted by molar-refractivity contribution is 0.262. The van der Waals surface area contributed by atoms with Gasteiger partial charge in [0.25, 0.3) is 0 Å². The lowest BCUT2D eigenvalue weighted by Crippen LogP contribution is -2.40. The molecule has 4 nitrogen and oxygen atoms in total. The van der Waals surface area contributed by atoms with Crippen molar-refractivity contribution in [3.63, 3.8) is 0 Å². The van der Waals surface area contributed by atoms with Gasteiger partial charge in [0.1, 0.15) is 5.75 Å². The van der Waals surface area contributed by atoms with Gasteiger partial charge in [-0.3, -0.25) is 0 Å². The van der Waals surface area contributed by atoms with E-state index in [0.29, 0.717) is 11.7 Å². The zero-order valence-electron chi connectivity index (χ0n) is 10.9. The summed E-state index contributed by atoms with van der Waals surface area (Å²) in [5, 5.41) is 9.16. The molecule has 0 aromatic heterocycles. The van der Waals surface area contributed by atoms with E-state index in [1.807, 2.05) is 18.2 Å². The number of benzene rings is 1. The third kappa shape index (κ3) is 2.70. The first-order chi connectivity index (χ1) is 8.76. The van der Waals surface area contributed by atoms with Crippen LogP contribution in [-0.4, -0.2) is 31.4 Å². The fraction of sp³-hybridized carbons (Fsp3) is 0.571. The molecule has 1 aliphatic heterocycles. The van der Waals surface area contributed by atoms with Crippen molar-refractivity contribution >= 4 is 11.4 Å². The van der Waals surface area contributed by atoms with Crippen molar-refractivity contribution in [2.75, 3.05) is 30.9 Å². The number of nitrogens with zero attached hydrogens (tertiary/aromatic N) is 1. The largest absolute Gasteiger partial charge is 0.495 e. The van der Waals surface area contributed by atoms with Crippen LogP contribution in [0.25, 0.3) is 0 Å². The number of aliphatic hydroxyl groups excluding tert-OH is 1. The molecule has 0 saturated carbocycles. The van der Waals surface area contributed by atoms with Gasteiger partial charge in [-0.15, -0.1) is 0 Å². The first kappa shape index (κ1) is 13.0. The van der Waals surface area contributed by atoms with Crippen molar-refractivity contribution in [2.45, 2.75) is 31.7 Å². The normalized spacial score (nSPS) is 19.9. The first-order valence-electron chi connectivity index (χ1n) is 6.57. The van der Waals surface area contributed by atoms with Gasteiger partial charge < -0.3 is 20.5 Å². The Morgan fingerprint density at radius 2 is 2.28 bits per heavy atom. The van der Waals surface area contributed by atoms with Crippen molar-refractivity contribution < 1.29 is 9.84 Å². The molecule has 0 aliphatic carbocycles. The average molecular weight is 250 g/mol. The number of aliphatic hydroxyl groups is 1. The highest BCUT2D eigenvalue weighted by Gasteiger charge is 2.22. The molecule has 0 spiro atoms. The molecule has 0 amide bonds. The molecule has 0 radical (unpaired) electrons. The van der Waals surface area contributed by atoms with Crippen LogP contribution in [-0.2, 0) is 0 Å². The highest BCUT2D eigenvalue weighted by molar-refractivity contribution is 5.62. The van der Waals surface area contributed by atoms with Crippen LogP contribution in [0.1, 0.15) is 25.7 Å². The van der Waals surface area contributed by atoms with E-state index >= 15 is 0 Å². The topological polar surface area (TPSA) is 58.7 Å². The summed E-state index contributed by atoms with van der Waals surface area (Å²) < 4.78 is 5.27. The second-order valence-corrected chi connectivity index (χ2v) is 4.78. The van der Waals surface area contributed by atoms with Crippen LogP contribution in [0.3, 0.4) is 0 Å². The Morgan fingerprint density at radius 3 is 3.00 bits per heavy atom. The second-order valence-electron chi connectivity index (χ2n) is 4.78. The summed E-state index contributed by atoms with van der Waals surface area (Å²) in [4.78, 5) is 2.36. The van der Waals surface area contributed by atoms with Gasteiger partial charge in [-0.2, -0.15) is 0 Å². The van der Waals surface area contributed by atoms with Crippen LogP contribution in [0, 0.1) is 0 Å². The molecule has 1 aromatic rings. The maximum atomic E-state index is 9.16. The fourth-order valence-electron chi connectivity index (χ4n) is 2.67. The Labute approximate surface area is 108 Å². The average Bonchev–Trinajstić information content (AvgIpc) is 2.40. The molecule has 1 atom stereocenters. The number of anilines is 2. The summed E-state index contributed by atoms with van der Waals surface area (Å²) in [5.74, 6) is 0.723. The maximum Gasteiger partial charge on any atom is 0.143 e. The molecule has 18 heavy (non-hydrogen) atoms. The number of methoxy groups -OCH3 is 1. The van der Waals surface area contributed by atoms with Crippen molar-refractivity contribution in [3.8, 4) is 5.75 Å². The number of hydrogen-bond acceptors (Lipinski definition) is 4. The Hall–Kier alpha value is -1.42. The zero-order valence-corrected chi connectivity index (χ0v) is 10.9. The van der Waals surface area contributed by atoms with Crippen molar-refractivity contribution in [1.82, 2.24) is 0 Å². The monoisotopic (exact) mass is 250 g/mol. The van der Waals surface area contributed by atoms with Crippen molar-refractivity contribution in [3.05, 3.63) is 18.2 Å². The van der Waals surface area contributed by atoms with E-state index in [1.54, 1.807) is 7.11 Å². The predicted molar refractivity (Wildman–Crippen MR) is 74.1 cm³/mol. The minimum Gasteiger partial charge on any atom is -0.495 e. The molecule has 100 valence electrons. The summed E-state index contributed by atoms with van der Waals surface area (Å²) in [6, 6.07) is 6.34. The molecule has 1 aliphatic rings. The molecular weight excluding hydrogens is 228 g/mol. The van der Waals surface area contributed by atoms with Gasteiger partial charge in [-0.25, -0.2) is 0 Å². The summed E-state index contributed by atoms with van der Waals surface area (Å²) in [6.07, 6.45) is 4.42. The van der Waals surface area contributed by atoms with Gasteiger partial charge in [-0.1, -0.05) is 0 Å². The molecule has 3 N–H and O–H groups in total. The molecule has 1 aromatic carbocycles. The standard InChI is InChI=1S/C14H22N2O2/c1-18-14-10-12(5-6-13(14)15)16-8-3-2-4-11(16)7-9-17/h5-6,10-11,17H,2-4,7-9,15H2,1H3. The number of hydrogen-bond donors (Lipinski definition) is 2. The zero-order chi connectivity index (χ0) is 13.0. The Bertz CT molecular complexity index is 393. The molecule has 1 saturated heterocycles. The smallest absolute Gasteiger partial charge is 0.143 e. The molecular formula is C14H22N2O2. The molecule has 1 fully saturated rings. The highest BCUT2D eigenvalue weighted by atomic mass is 16.5. The van der Waals surface area contributed by atoms with Crippen LogP contribution in [0.15, 0.2) is 18.2 Å².